The molecule has 1 N–H and O–H groups in total. The smallest absolute Gasteiger partial charge is 0.315 e. The van der Waals surface area contributed by atoms with Gasteiger partial charge in [-0.2, -0.15) is 0 Å². The van der Waals surface area contributed by atoms with Gasteiger partial charge in [-0.25, -0.2) is 8.96 Å². The molecule has 0 saturated carbocycles. The van der Waals surface area contributed by atoms with Crippen LogP contribution in [0.3, 0.4) is 0 Å². The minimum Gasteiger partial charge on any atom is -0.493 e. The summed E-state index contributed by atoms with van der Waals surface area (Å²) < 4.78 is 14.2. The summed E-state index contributed by atoms with van der Waals surface area (Å²) in [5.74, 6) is -0.565. The molecule has 0 spiro atoms. The van der Waals surface area contributed by atoms with Crippen LogP contribution in [0.25, 0.3) is 17.3 Å². The molecule has 24 heavy (non-hydrogen) atoms. The summed E-state index contributed by atoms with van der Waals surface area (Å²) in [7, 11) is 0. The molecule has 0 amide bonds. The molecule has 118 valence electrons. The number of benzene rings is 2. The first-order valence-electron chi connectivity index (χ1n) is 7.19. The van der Waals surface area contributed by atoms with E-state index < -0.39 is 5.82 Å². The number of halogens is 1. The molecule has 1 aromatic heterocycles. The molecule has 4 nitrogen and oxygen atoms in total. The van der Waals surface area contributed by atoms with Crippen LogP contribution >= 0.6 is 11.3 Å². The van der Waals surface area contributed by atoms with Crippen molar-refractivity contribution in [2.75, 3.05) is 0 Å². The number of aromatic hydroxyl groups is 1. The van der Waals surface area contributed by atoms with Gasteiger partial charge in [0.15, 0.2) is 0 Å². The third-order valence-corrected chi connectivity index (χ3v) is 4.62. The lowest BCUT2D eigenvalue weighted by atomic mass is 10.1. The monoisotopic (exact) mass is 338 g/mol. The van der Waals surface area contributed by atoms with Crippen molar-refractivity contribution in [2.24, 2.45) is 4.99 Å². The first kappa shape index (κ1) is 14.6. The lowest BCUT2D eigenvalue weighted by Crippen LogP contribution is -2.09. The predicted molar refractivity (Wildman–Crippen MR) is 94.0 cm³/mol. The quantitative estimate of drug-likeness (QED) is 0.768. The van der Waals surface area contributed by atoms with Crippen LogP contribution in [0, 0.1) is 5.82 Å². The van der Waals surface area contributed by atoms with Gasteiger partial charge in [0.05, 0.1) is 16.3 Å². The second-order valence-electron chi connectivity index (χ2n) is 5.24. The fraction of sp³-hybridized carbons (Fsp3) is 0. The molecule has 0 bridgehead atoms. The highest BCUT2D eigenvalue weighted by Crippen LogP contribution is 2.34. The second-order valence-corrected chi connectivity index (χ2v) is 6.24. The SMILES string of the molecule is O=c1sc(C=C2C=Nc3ccccc32)c(O)n1-c1ccc(F)cc1. The minimum absolute atomic E-state index is 0.165. The fourth-order valence-electron chi connectivity index (χ4n) is 2.59. The molecule has 0 unspecified atom stereocenters. The van der Waals surface area contributed by atoms with E-state index in [1.54, 1.807) is 12.3 Å². The van der Waals surface area contributed by atoms with Gasteiger partial charge in [-0.1, -0.05) is 29.5 Å². The molecule has 1 aliphatic heterocycles. The summed E-state index contributed by atoms with van der Waals surface area (Å²) in [5, 5.41) is 10.4. The summed E-state index contributed by atoms with van der Waals surface area (Å²) in [4.78, 5) is 16.6. The van der Waals surface area contributed by atoms with Gasteiger partial charge in [0.2, 0.25) is 5.88 Å². The minimum atomic E-state index is -0.400. The fourth-order valence-corrected chi connectivity index (χ4v) is 3.43. The number of nitrogens with zero attached hydrogens (tertiary/aromatic N) is 2. The second kappa shape index (κ2) is 5.58. The maximum Gasteiger partial charge on any atom is 0.315 e. The topological polar surface area (TPSA) is 54.6 Å². The standard InChI is InChI=1S/C18H11FN2O2S/c19-12-5-7-13(8-6-12)21-17(22)16(24-18(21)23)9-11-10-20-15-4-2-1-3-14(11)15/h1-10,22H. The van der Waals surface area contributed by atoms with Crippen LogP contribution < -0.4 is 4.87 Å². The summed E-state index contributed by atoms with van der Waals surface area (Å²) >= 11 is 0.927. The van der Waals surface area contributed by atoms with Gasteiger partial charge in [0, 0.05) is 17.4 Å². The van der Waals surface area contributed by atoms with E-state index in [1.807, 2.05) is 24.3 Å². The zero-order chi connectivity index (χ0) is 16.7. The Morgan fingerprint density at radius 1 is 1.12 bits per heavy atom. The van der Waals surface area contributed by atoms with Gasteiger partial charge >= 0.3 is 4.87 Å². The van der Waals surface area contributed by atoms with Crippen LogP contribution in [-0.4, -0.2) is 15.9 Å². The Morgan fingerprint density at radius 3 is 2.67 bits per heavy atom. The van der Waals surface area contributed by atoms with Gasteiger partial charge in [-0.3, -0.25) is 9.79 Å². The molecule has 0 aliphatic carbocycles. The highest BCUT2D eigenvalue weighted by Gasteiger charge is 2.17. The van der Waals surface area contributed by atoms with Crippen molar-refractivity contribution >= 4 is 34.9 Å². The summed E-state index contributed by atoms with van der Waals surface area (Å²) in [5.41, 5.74) is 3.05. The van der Waals surface area contributed by atoms with E-state index in [0.29, 0.717) is 10.6 Å². The average molecular weight is 338 g/mol. The van der Waals surface area contributed by atoms with Crippen molar-refractivity contribution < 1.29 is 9.50 Å². The van der Waals surface area contributed by atoms with Gasteiger partial charge in [0.25, 0.3) is 0 Å². The molecule has 0 saturated heterocycles. The molecule has 6 heteroatoms. The van der Waals surface area contributed by atoms with E-state index in [9.17, 15) is 14.3 Å². The van der Waals surface area contributed by atoms with E-state index in [4.69, 9.17) is 0 Å². The number of thiazole rings is 1. The van der Waals surface area contributed by atoms with Crippen LogP contribution in [0.4, 0.5) is 10.1 Å². The number of hydrogen-bond acceptors (Lipinski definition) is 4. The predicted octanol–water partition coefficient (Wildman–Crippen LogP) is 4.00. The number of rotatable bonds is 2. The average Bonchev–Trinajstić information content (AvgIpc) is 3.11. The Labute approximate surface area is 140 Å². The molecular weight excluding hydrogens is 327 g/mol. The van der Waals surface area contributed by atoms with E-state index in [0.717, 1.165) is 32.7 Å². The van der Waals surface area contributed by atoms with Crippen LogP contribution in [0.15, 0.2) is 58.3 Å². The summed E-state index contributed by atoms with van der Waals surface area (Å²) in [6.07, 6.45) is 3.44. The molecule has 0 atom stereocenters. The number of aliphatic imine (C=N–C) groups is 1. The third kappa shape index (κ3) is 2.37. The Kier molecular flexibility index (Phi) is 3.39. The van der Waals surface area contributed by atoms with E-state index in [2.05, 4.69) is 4.99 Å². The molecule has 1 aliphatic rings. The summed E-state index contributed by atoms with van der Waals surface area (Å²) in [6.45, 7) is 0. The van der Waals surface area contributed by atoms with Crippen LogP contribution in [0.1, 0.15) is 10.4 Å². The van der Waals surface area contributed by atoms with Crippen LogP contribution in [-0.2, 0) is 0 Å². The largest absolute Gasteiger partial charge is 0.493 e. The maximum atomic E-state index is 13.0. The van der Waals surface area contributed by atoms with Gasteiger partial charge in [0.1, 0.15) is 5.82 Å². The molecule has 3 aromatic rings. The van der Waals surface area contributed by atoms with Crippen molar-refractivity contribution in [3.8, 4) is 11.6 Å². The van der Waals surface area contributed by atoms with Gasteiger partial charge < -0.3 is 5.11 Å². The van der Waals surface area contributed by atoms with Crippen LogP contribution in [0.2, 0.25) is 0 Å². The molecular formula is C18H11FN2O2S. The highest BCUT2D eigenvalue weighted by atomic mass is 32.1. The number of allylic oxidation sites excluding steroid dienone is 1. The van der Waals surface area contributed by atoms with Gasteiger partial charge in [-0.15, -0.1) is 0 Å². The Hall–Kier alpha value is -2.99. The van der Waals surface area contributed by atoms with E-state index in [1.165, 1.54) is 24.3 Å². The number of para-hydroxylation sites is 1. The lowest BCUT2D eigenvalue weighted by molar-refractivity contribution is 0.440. The van der Waals surface area contributed by atoms with Crippen molar-refractivity contribution in [2.45, 2.75) is 0 Å². The maximum absolute atomic E-state index is 13.0. The molecule has 2 heterocycles. The van der Waals surface area contributed by atoms with Crippen molar-refractivity contribution in [3.63, 3.8) is 0 Å². The Morgan fingerprint density at radius 2 is 1.88 bits per heavy atom. The van der Waals surface area contributed by atoms with Crippen molar-refractivity contribution in [1.29, 1.82) is 0 Å². The number of hydrogen-bond donors (Lipinski definition) is 1. The number of fused-ring (bicyclic) bond motifs is 1. The first-order chi connectivity index (χ1) is 11.6. The van der Waals surface area contributed by atoms with Crippen molar-refractivity contribution in [3.05, 3.63) is 74.5 Å². The van der Waals surface area contributed by atoms with E-state index in [-0.39, 0.29) is 10.8 Å². The number of aromatic nitrogens is 1. The molecule has 0 radical (unpaired) electrons. The van der Waals surface area contributed by atoms with E-state index >= 15 is 0 Å². The molecule has 0 fully saturated rings. The van der Waals surface area contributed by atoms with Crippen LogP contribution in [0.5, 0.6) is 5.88 Å². The highest BCUT2D eigenvalue weighted by molar-refractivity contribution is 7.10. The zero-order valence-electron chi connectivity index (χ0n) is 12.3. The van der Waals surface area contributed by atoms with Crippen molar-refractivity contribution in [1.82, 2.24) is 4.57 Å². The molecule has 2 aromatic carbocycles. The Bertz CT molecular complexity index is 1050. The third-order valence-electron chi connectivity index (χ3n) is 3.74. The lowest BCUT2D eigenvalue weighted by Gasteiger charge is -2.03. The normalized spacial score (nSPS) is 14.3. The summed E-state index contributed by atoms with van der Waals surface area (Å²) in [6, 6.07) is 13.0. The van der Waals surface area contributed by atoms with Gasteiger partial charge in [-0.05, 0) is 36.4 Å². The first-order valence-corrected chi connectivity index (χ1v) is 8.01. The molecule has 4 rings (SSSR count). The Balaban J connectivity index is 1.81. The zero-order valence-corrected chi connectivity index (χ0v) is 13.1.